The highest BCUT2D eigenvalue weighted by Crippen LogP contribution is 2.17. The van der Waals surface area contributed by atoms with Gasteiger partial charge in [0.2, 0.25) is 0 Å². The van der Waals surface area contributed by atoms with Crippen LogP contribution >= 0.6 is 0 Å². The zero-order chi connectivity index (χ0) is 17.3. The molecule has 0 heterocycles. The van der Waals surface area contributed by atoms with Gasteiger partial charge in [0.25, 0.3) is 0 Å². The molecule has 23 heavy (non-hydrogen) atoms. The van der Waals surface area contributed by atoms with Crippen molar-refractivity contribution in [2.24, 2.45) is 5.41 Å². The zero-order valence-electron chi connectivity index (χ0n) is 14.3. The van der Waals surface area contributed by atoms with Crippen LogP contribution in [-0.2, 0) is 9.53 Å². The third-order valence-corrected chi connectivity index (χ3v) is 3.09. The molecule has 1 atom stereocenters. The van der Waals surface area contributed by atoms with E-state index in [-0.39, 0.29) is 11.8 Å². The summed E-state index contributed by atoms with van der Waals surface area (Å²) in [4.78, 5) is 23.8. The van der Waals surface area contributed by atoms with Gasteiger partial charge in [-0.3, -0.25) is 9.59 Å². The van der Waals surface area contributed by atoms with Gasteiger partial charge in [0, 0.05) is 5.56 Å². The molecule has 0 bridgehead atoms. The number of benzene rings is 1. The maximum absolute atomic E-state index is 11.9. The van der Waals surface area contributed by atoms with Crippen molar-refractivity contribution in [1.29, 1.82) is 0 Å². The normalized spacial score (nSPS) is 12.3. The lowest BCUT2D eigenvalue weighted by atomic mass is 9.97. The van der Waals surface area contributed by atoms with E-state index in [1.165, 1.54) is 0 Å². The number of rotatable bonds is 6. The molecule has 0 aliphatic heterocycles. The van der Waals surface area contributed by atoms with Gasteiger partial charge in [0.05, 0.1) is 5.41 Å². The summed E-state index contributed by atoms with van der Waals surface area (Å²) in [5, 5.41) is 0. The van der Waals surface area contributed by atoms with Crippen molar-refractivity contribution in [2.45, 2.75) is 46.6 Å². The van der Waals surface area contributed by atoms with Gasteiger partial charge in [-0.05, 0) is 46.6 Å². The predicted octanol–water partition coefficient (Wildman–Crippen LogP) is 4.19. The molecule has 1 unspecified atom stereocenters. The van der Waals surface area contributed by atoms with E-state index in [1.807, 2.05) is 39.0 Å². The summed E-state index contributed by atoms with van der Waals surface area (Å²) in [7, 11) is 0. The first-order chi connectivity index (χ1) is 10.8. The Balaban J connectivity index is 2.52. The van der Waals surface area contributed by atoms with Crippen LogP contribution in [0, 0.1) is 17.3 Å². The van der Waals surface area contributed by atoms with E-state index in [2.05, 4.69) is 11.8 Å². The highest BCUT2D eigenvalue weighted by Gasteiger charge is 2.25. The fourth-order valence-electron chi connectivity index (χ4n) is 1.76. The van der Waals surface area contributed by atoms with Crippen molar-refractivity contribution in [3.05, 3.63) is 48.0 Å². The number of allylic oxidation sites excluding steroid dienone is 2. The molecule has 3 nitrogen and oxygen atoms in total. The third kappa shape index (κ3) is 6.97. The molecule has 0 radical (unpaired) electrons. The summed E-state index contributed by atoms with van der Waals surface area (Å²) in [5.74, 6) is 5.37. The van der Waals surface area contributed by atoms with Gasteiger partial charge >= 0.3 is 5.97 Å². The molecule has 0 aliphatic carbocycles. The summed E-state index contributed by atoms with van der Waals surface area (Å²) in [6, 6.07) is 9.10. The molecule has 0 N–H and O–H groups in total. The molecular weight excluding hydrogens is 288 g/mol. The highest BCUT2D eigenvalue weighted by atomic mass is 16.5. The van der Waals surface area contributed by atoms with Crippen LogP contribution in [0.25, 0.3) is 0 Å². The monoisotopic (exact) mass is 312 g/mol. The van der Waals surface area contributed by atoms with Gasteiger partial charge in [-0.15, -0.1) is 5.92 Å². The lowest BCUT2D eigenvalue weighted by molar-refractivity contribution is -0.156. The van der Waals surface area contributed by atoms with Crippen LogP contribution in [0.2, 0.25) is 0 Å². The Kier molecular flexibility index (Phi) is 7.28. The number of hydrogen-bond donors (Lipinski definition) is 0. The van der Waals surface area contributed by atoms with Crippen molar-refractivity contribution < 1.29 is 14.3 Å². The van der Waals surface area contributed by atoms with Crippen LogP contribution in [0.1, 0.15) is 50.9 Å². The van der Waals surface area contributed by atoms with Crippen LogP contribution in [0.15, 0.2) is 42.5 Å². The second-order valence-corrected chi connectivity index (χ2v) is 6.25. The van der Waals surface area contributed by atoms with E-state index in [9.17, 15) is 9.59 Å². The summed E-state index contributed by atoms with van der Waals surface area (Å²) in [5.41, 5.74) is 0.111. The van der Waals surface area contributed by atoms with Gasteiger partial charge in [-0.25, -0.2) is 0 Å². The first-order valence-corrected chi connectivity index (χ1v) is 7.74. The maximum atomic E-state index is 11.9. The molecule has 0 saturated heterocycles. The molecule has 0 fully saturated rings. The van der Waals surface area contributed by atoms with E-state index in [0.29, 0.717) is 18.4 Å². The number of ketones is 1. The Hall–Kier alpha value is -2.34. The standard InChI is InChI=1S/C20H24O3/c1-5-11-17(23-19(22)20(2,3)4)14-9-10-15-18(21)16-12-7-6-8-13-16/h6-8,10,12-13,15,17H,9,14H2,1-4H3/b15-10+. The van der Waals surface area contributed by atoms with Gasteiger partial charge in [-0.1, -0.05) is 42.3 Å². The van der Waals surface area contributed by atoms with E-state index < -0.39 is 11.5 Å². The first-order valence-electron chi connectivity index (χ1n) is 7.74. The average molecular weight is 312 g/mol. The summed E-state index contributed by atoms with van der Waals surface area (Å²) >= 11 is 0. The van der Waals surface area contributed by atoms with E-state index in [1.54, 1.807) is 31.2 Å². The molecule has 122 valence electrons. The molecule has 1 rings (SSSR count). The minimum absolute atomic E-state index is 0.0320. The molecular formula is C20H24O3. The van der Waals surface area contributed by atoms with Gasteiger partial charge < -0.3 is 4.74 Å². The molecule has 0 amide bonds. The van der Waals surface area contributed by atoms with Crippen LogP contribution < -0.4 is 0 Å². The second kappa shape index (κ2) is 8.95. The van der Waals surface area contributed by atoms with Crippen LogP contribution in [-0.4, -0.2) is 17.9 Å². The molecule has 0 saturated carbocycles. The SMILES string of the molecule is CC#CC(CC/C=C/C(=O)c1ccccc1)OC(=O)C(C)(C)C. The molecule has 0 aromatic heterocycles. The zero-order valence-corrected chi connectivity index (χ0v) is 14.3. The quantitative estimate of drug-likeness (QED) is 0.342. The second-order valence-electron chi connectivity index (χ2n) is 6.25. The van der Waals surface area contributed by atoms with Crippen LogP contribution in [0.3, 0.4) is 0 Å². The molecule has 0 aliphatic rings. The fourth-order valence-corrected chi connectivity index (χ4v) is 1.76. The summed E-state index contributed by atoms with van der Waals surface area (Å²) in [6.07, 6.45) is 4.10. The molecule has 1 aromatic rings. The van der Waals surface area contributed by atoms with Crippen molar-refractivity contribution in [2.75, 3.05) is 0 Å². The highest BCUT2D eigenvalue weighted by molar-refractivity contribution is 6.04. The predicted molar refractivity (Wildman–Crippen MR) is 91.9 cm³/mol. The number of carbonyl (C=O) groups is 2. The third-order valence-electron chi connectivity index (χ3n) is 3.09. The summed E-state index contributed by atoms with van der Waals surface area (Å²) in [6.45, 7) is 7.14. The van der Waals surface area contributed by atoms with Crippen molar-refractivity contribution in [1.82, 2.24) is 0 Å². The molecule has 0 spiro atoms. The smallest absolute Gasteiger partial charge is 0.312 e. The van der Waals surface area contributed by atoms with Gasteiger partial charge in [-0.2, -0.15) is 0 Å². The topological polar surface area (TPSA) is 43.4 Å². The number of hydrogen-bond acceptors (Lipinski definition) is 3. The minimum Gasteiger partial charge on any atom is -0.449 e. The fraction of sp³-hybridized carbons (Fsp3) is 0.400. The van der Waals surface area contributed by atoms with E-state index in [0.717, 1.165) is 0 Å². The minimum atomic E-state index is -0.549. The van der Waals surface area contributed by atoms with E-state index in [4.69, 9.17) is 4.74 Å². The Morgan fingerprint density at radius 2 is 1.87 bits per heavy atom. The van der Waals surface area contributed by atoms with Gasteiger partial charge in [0.1, 0.15) is 0 Å². The maximum Gasteiger partial charge on any atom is 0.312 e. The molecule has 1 aromatic carbocycles. The lowest BCUT2D eigenvalue weighted by Gasteiger charge is -2.20. The Labute approximate surface area is 138 Å². The van der Waals surface area contributed by atoms with Crippen molar-refractivity contribution in [3.8, 4) is 11.8 Å². The number of esters is 1. The van der Waals surface area contributed by atoms with Crippen molar-refractivity contribution in [3.63, 3.8) is 0 Å². The Bertz CT molecular complexity index is 610. The van der Waals surface area contributed by atoms with Crippen molar-refractivity contribution >= 4 is 11.8 Å². The molecule has 3 heteroatoms. The number of carbonyl (C=O) groups excluding carboxylic acids is 2. The Morgan fingerprint density at radius 3 is 2.43 bits per heavy atom. The van der Waals surface area contributed by atoms with Gasteiger partial charge in [0.15, 0.2) is 11.9 Å². The lowest BCUT2D eigenvalue weighted by Crippen LogP contribution is -2.27. The van der Waals surface area contributed by atoms with Crippen LogP contribution in [0.4, 0.5) is 0 Å². The Morgan fingerprint density at radius 1 is 1.22 bits per heavy atom. The van der Waals surface area contributed by atoms with E-state index >= 15 is 0 Å². The summed E-state index contributed by atoms with van der Waals surface area (Å²) < 4.78 is 5.42. The van der Waals surface area contributed by atoms with Crippen LogP contribution in [0.5, 0.6) is 0 Å². The number of ether oxygens (including phenoxy) is 1. The first kappa shape index (κ1) is 18.7. The average Bonchev–Trinajstić information content (AvgIpc) is 2.51. The largest absolute Gasteiger partial charge is 0.449 e.